The molecule has 0 saturated carbocycles. The average molecular weight is 283 g/mol. The molecular weight excluding hydrogens is 258 g/mol. The van der Waals surface area contributed by atoms with Crippen LogP contribution in [0.15, 0.2) is 36.4 Å². The molecule has 2 heteroatoms. The number of benzene rings is 2. The second-order valence-corrected chi connectivity index (χ2v) is 5.52. The van der Waals surface area contributed by atoms with Gasteiger partial charge in [0.1, 0.15) is 5.75 Å². The molecule has 0 aliphatic heterocycles. The van der Waals surface area contributed by atoms with Crippen molar-refractivity contribution in [3.8, 4) is 5.75 Å². The van der Waals surface area contributed by atoms with Crippen molar-refractivity contribution in [2.24, 2.45) is 0 Å². The minimum atomic E-state index is 0.185. The summed E-state index contributed by atoms with van der Waals surface area (Å²) in [5, 5.41) is 3.44. The number of hydrogen-bond acceptors (Lipinski definition) is 2. The van der Waals surface area contributed by atoms with Crippen molar-refractivity contribution in [2.45, 2.75) is 33.7 Å². The molecule has 1 N–H and O–H groups in total. The highest BCUT2D eigenvalue weighted by Gasteiger charge is 2.15. The summed E-state index contributed by atoms with van der Waals surface area (Å²) in [6.07, 6.45) is 0. The Hall–Kier alpha value is -1.80. The van der Waals surface area contributed by atoms with Gasteiger partial charge in [0.25, 0.3) is 0 Å². The van der Waals surface area contributed by atoms with E-state index in [1.165, 1.54) is 27.8 Å². The third kappa shape index (κ3) is 3.45. The van der Waals surface area contributed by atoms with Crippen LogP contribution >= 0.6 is 0 Å². The molecule has 0 aliphatic rings. The fourth-order valence-electron chi connectivity index (χ4n) is 2.75. The van der Waals surface area contributed by atoms with Gasteiger partial charge in [-0.3, -0.25) is 0 Å². The SMILES string of the molecule is CCOc1cccc(C(NC)c2cc(C)c(C)cc2C)c1. The Morgan fingerprint density at radius 2 is 1.71 bits per heavy atom. The first-order valence-corrected chi connectivity index (χ1v) is 7.54. The van der Waals surface area contributed by atoms with Gasteiger partial charge in [-0.05, 0) is 74.7 Å². The summed E-state index contributed by atoms with van der Waals surface area (Å²) in [5.74, 6) is 0.928. The number of nitrogens with one attached hydrogen (secondary N) is 1. The van der Waals surface area contributed by atoms with Gasteiger partial charge in [0.05, 0.1) is 12.6 Å². The summed E-state index contributed by atoms with van der Waals surface area (Å²) in [7, 11) is 2.01. The van der Waals surface area contributed by atoms with Crippen LogP contribution in [0, 0.1) is 20.8 Å². The van der Waals surface area contributed by atoms with E-state index >= 15 is 0 Å². The van der Waals surface area contributed by atoms with Crippen LogP contribution in [0.25, 0.3) is 0 Å². The molecule has 0 bridgehead atoms. The molecule has 1 atom stereocenters. The first kappa shape index (κ1) is 15.6. The van der Waals surface area contributed by atoms with Crippen molar-refractivity contribution in [2.75, 3.05) is 13.7 Å². The fraction of sp³-hybridized carbons (Fsp3) is 0.368. The molecule has 21 heavy (non-hydrogen) atoms. The third-order valence-electron chi connectivity index (χ3n) is 3.98. The molecular formula is C19H25NO. The van der Waals surface area contributed by atoms with E-state index in [0.717, 1.165) is 5.75 Å². The molecule has 112 valence electrons. The molecule has 2 aromatic rings. The zero-order chi connectivity index (χ0) is 15.4. The van der Waals surface area contributed by atoms with E-state index in [9.17, 15) is 0 Å². The summed E-state index contributed by atoms with van der Waals surface area (Å²) in [4.78, 5) is 0. The number of aryl methyl sites for hydroxylation is 3. The molecule has 2 aromatic carbocycles. The van der Waals surface area contributed by atoms with Crippen LogP contribution in [0.4, 0.5) is 0 Å². The number of hydrogen-bond donors (Lipinski definition) is 1. The zero-order valence-corrected chi connectivity index (χ0v) is 13.7. The predicted molar refractivity (Wildman–Crippen MR) is 89.2 cm³/mol. The van der Waals surface area contributed by atoms with Gasteiger partial charge in [-0.15, -0.1) is 0 Å². The van der Waals surface area contributed by atoms with E-state index in [1.54, 1.807) is 0 Å². The van der Waals surface area contributed by atoms with Crippen LogP contribution in [-0.2, 0) is 0 Å². The Balaban J connectivity index is 2.44. The van der Waals surface area contributed by atoms with Crippen LogP contribution in [-0.4, -0.2) is 13.7 Å². The fourth-order valence-corrected chi connectivity index (χ4v) is 2.75. The summed E-state index contributed by atoms with van der Waals surface area (Å²) in [5.41, 5.74) is 6.55. The lowest BCUT2D eigenvalue weighted by Gasteiger charge is -2.21. The van der Waals surface area contributed by atoms with Gasteiger partial charge in [0.2, 0.25) is 0 Å². The largest absolute Gasteiger partial charge is 0.494 e. The minimum absolute atomic E-state index is 0.185. The predicted octanol–water partition coefficient (Wildman–Crippen LogP) is 4.32. The molecule has 1 unspecified atom stereocenters. The molecule has 2 nitrogen and oxygen atoms in total. The quantitative estimate of drug-likeness (QED) is 0.882. The molecule has 0 aliphatic carbocycles. The molecule has 2 rings (SSSR count). The Bertz CT molecular complexity index is 619. The number of ether oxygens (including phenoxy) is 1. The zero-order valence-electron chi connectivity index (χ0n) is 13.7. The van der Waals surface area contributed by atoms with Gasteiger partial charge < -0.3 is 10.1 Å². The topological polar surface area (TPSA) is 21.3 Å². The van der Waals surface area contributed by atoms with Gasteiger partial charge >= 0.3 is 0 Å². The lowest BCUT2D eigenvalue weighted by atomic mass is 9.91. The summed E-state index contributed by atoms with van der Waals surface area (Å²) in [6.45, 7) is 9.21. The highest BCUT2D eigenvalue weighted by atomic mass is 16.5. The lowest BCUT2D eigenvalue weighted by Crippen LogP contribution is -2.19. The van der Waals surface area contributed by atoms with Crippen molar-refractivity contribution in [3.63, 3.8) is 0 Å². The molecule has 0 aromatic heterocycles. The lowest BCUT2D eigenvalue weighted by molar-refractivity contribution is 0.339. The van der Waals surface area contributed by atoms with Gasteiger partial charge in [-0.1, -0.05) is 24.3 Å². The van der Waals surface area contributed by atoms with E-state index in [4.69, 9.17) is 4.74 Å². The van der Waals surface area contributed by atoms with Crippen LogP contribution in [0.3, 0.4) is 0 Å². The third-order valence-corrected chi connectivity index (χ3v) is 3.98. The van der Waals surface area contributed by atoms with Gasteiger partial charge in [0, 0.05) is 0 Å². The second-order valence-electron chi connectivity index (χ2n) is 5.52. The normalized spacial score (nSPS) is 12.2. The van der Waals surface area contributed by atoms with Gasteiger partial charge in [-0.25, -0.2) is 0 Å². The van der Waals surface area contributed by atoms with Crippen molar-refractivity contribution in [1.82, 2.24) is 5.32 Å². The standard InChI is InChI=1S/C19H25NO/c1-6-21-17-9-7-8-16(12-17)19(20-5)18-11-14(3)13(2)10-15(18)4/h7-12,19-20H,6H2,1-5H3. The Morgan fingerprint density at radius 3 is 2.38 bits per heavy atom. The van der Waals surface area contributed by atoms with Crippen LogP contribution in [0.5, 0.6) is 5.75 Å². The van der Waals surface area contributed by atoms with Crippen LogP contribution < -0.4 is 10.1 Å². The highest BCUT2D eigenvalue weighted by molar-refractivity contribution is 5.43. The molecule has 0 heterocycles. The van der Waals surface area contributed by atoms with E-state index in [-0.39, 0.29) is 6.04 Å². The van der Waals surface area contributed by atoms with E-state index in [2.05, 4.69) is 56.4 Å². The maximum absolute atomic E-state index is 5.62. The maximum atomic E-state index is 5.62. The maximum Gasteiger partial charge on any atom is 0.119 e. The van der Waals surface area contributed by atoms with Crippen molar-refractivity contribution in [1.29, 1.82) is 0 Å². The van der Waals surface area contributed by atoms with Gasteiger partial charge in [-0.2, -0.15) is 0 Å². The van der Waals surface area contributed by atoms with Crippen molar-refractivity contribution >= 4 is 0 Å². The van der Waals surface area contributed by atoms with Crippen molar-refractivity contribution in [3.05, 3.63) is 64.2 Å². The second kappa shape index (κ2) is 6.77. The van der Waals surface area contributed by atoms with Crippen LogP contribution in [0.2, 0.25) is 0 Å². The first-order chi connectivity index (χ1) is 10.1. The van der Waals surface area contributed by atoms with E-state index in [1.807, 2.05) is 20.0 Å². The summed E-state index contributed by atoms with van der Waals surface area (Å²) >= 11 is 0. The van der Waals surface area contributed by atoms with Crippen LogP contribution in [0.1, 0.15) is 40.8 Å². The highest BCUT2D eigenvalue weighted by Crippen LogP contribution is 2.29. The molecule has 0 fully saturated rings. The van der Waals surface area contributed by atoms with E-state index in [0.29, 0.717) is 6.61 Å². The number of rotatable bonds is 5. The summed E-state index contributed by atoms with van der Waals surface area (Å²) in [6, 6.07) is 13.1. The monoisotopic (exact) mass is 283 g/mol. The Kier molecular flexibility index (Phi) is 5.03. The van der Waals surface area contributed by atoms with Crippen molar-refractivity contribution < 1.29 is 4.74 Å². The molecule has 0 spiro atoms. The Labute approximate surface area is 128 Å². The molecule has 0 radical (unpaired) electrons. The Morgan fingerprint density at radius 1 is 1.00 bits per heavy atom. The van der Waals surface area contributed by atoms with Gasteiger partial charge in [0.15, 0.2) is 0 Å². The smallest absolute Gasteiger partial charge is 0.119 e. The first-order valence-electron chi connectivity index (χ1n) is 7.54. The summed E-state index contributed by atoms with van der Waals surface area (Å²) < 4.78 is 5.62. The average Bonchev–Trinajstić information content (AvgIpc) is 2.46. The molecule has 0 amide bonds. The van der Waals surface area contributed by atoms with E-state index < -0.39 is 0 Å². The minimum Gasteiger partial charge on any atom is -0.494 e. The molecule has 0 saturated heterocycles.